The Kier molecular flexibility index (Phi) is 4.45. The van der Waals surface area contributed by atoms with Gasteiger partial charge in [0, 0.05) is 13.1 Å². The second-order valence-electron chi connectivity index (χ2n) is 6.09. The minimum Gasteiger partial charge on any atom is -0.475 e. The maximum atomic E-state index is 12.9. The van der Waals surface area contributed by atoms with Crippen molar-refractivity contribution in [1.29, 1.82) is 0 Å². The van der Waals surface area contributed by atoms with Crippen LogP contribution in [0.15, 0.2) is 28.7 Å². The van der Waals surface area contributed by atoms with Crippen molar-refractivity contribution in [3.8, 4) is 0 Å². The summed E-state index contributed by atoms with van der Waals surface area (Å²) in [4.78, 5) is 15.9. The van der Waals surface area contributed by atoms with Gasteiger partial charge in [-0.2, -0.15) is 18.2 Å². The molecule has 2 aromatic rings. The van der Waals surface area contributed by atoms with Gasteiger partial charge in [-0.25, -0.2) is 4.79 Å². The maximum Gasteiger partial charge on any atom is 0.437 e. The molecule has 1 saturated heterocycles. The third-order valence-electron chi connectivity index (χ3n) is 4.47. The number of rotatable bonds is 3. The highest BCUT2D eigenvalue weighted by molar-refractivity contribution is 5.86. The lowest BCUT2D eigenvalue weighted by atomic mass is 9.87. The average Bonchev–Trinajstić information content (AvgIpc) is 3.01. The average molecular weight is 354 g/mol. The van der Waals surface area contributed by atoms with Crippen molar-refractivity contribution in [2.75, 3.05) is 18.0 Å². The molecule has 0 spiro atoms. The number of aromatic carboxylic acids is 1. The van der Waals surface area contributed by atoms with Crippen LogP contribution in [0.3, 0.4) is 0 Å². The number of alkyl halides is 3. The number of carboxylic acids is 1. The van der Waals surface area contributed by atoms with Crippen molar-refractivity contribution in [2.45, 2.75) is 31.9 Å². The lowest BCUT2D eigenvalue weighted by Gasteiger charge is -2.31. The normalized spacial score (nSPS) is 16.2. The smallest absolute Gasteiger partial charge is 0.437 e. The standard InChI is InChI=1S/C17H17F3N2O3/c1-10-4-2-3-5-12(10)11-6-8-22(9-7-11)16-21-14(17(18,19)20)13(25-16)15(23)24/h2-5,11H,6-9H2,1H3,(H,23,24). The molecule has 1 aliphatic rings. The summed E-state index contributed by atoms with van der Waals surface area (Å²) in [5, 5.41) is 8.91. The first-order valence-electron chi connectivity index (χ1n) is 7.89. The van der Waals surface area contributed by atoms with E-state index >= 15 is 0 Å². The van der Waals surface area contributed by atoms with E-state index in [1.807, 2.05) is 25.1 Å². The number of aryl methyl sites for hydroxylation is 1. The third-order valence-corrected chi connectivity index (χ3v) is 4.47. The lowest BCUT2D eigenvalue weighted by Crippen LogP contribution is -2.33. The molecule has 0 aliphatic carbocycles. The second kappa shape index (κ2) is 6.42. The van der Waals surface area contributed by atoms with Gasteiger partial charge in [0.1, 0.15) is 0 Å². The topological polar surface area (TPSA) is 66.6 Å². The summed E-state index contributed by atoms with van der Waals surface area (Å²) in [6, 6.07) is 7.74. The molecule has 0 saturated carbocycles. The zero-order valence-corrected chi connectivity index (χ0v) is 13.5. The van der Waals surface area contributed by atoms with Crippen molar-refractivity contribution in [2.24, 2.45) is 0 Å². The molecule has 1 fully saturated rings. The summed E-state index contributed by atoms with van der Waals surface area (Å²) in [5.41, 5.74) is 0.928. The third kappa shape index (κ3) is 3.47. The van der Waals surface area contributed by atoms with Crippen LogP contribution in [0, 0.1) is 6.92 Å². The van der Waals surface area contributed by atoms with Crippen LogP contribution in [0.25, 0.3) is 0 Å². The Morgan fingerprint density at radius 3 is 2.44 bits per heavy atom. The molecular formula is C17H17F3N2O3. The number of oxazole rings is 1. The summed E-state index contributed by atoms with van der Waals surface area (Å²) in [5.74, 6) is -2.63. The molecule has 0 atom stereocenters. The van der Waals surface area contributed by atoms with E-state index in [1.165, 1.54) is 11.1 Å². The summed E-state index contributed by atoms with van der Waals surface area (Å²) in [7, 11) is 0. The van der Waals surface area contributed by atoms with E-state index in [-0.39, 0.29) is 6.01 Å². The fraction of sp³-hybridized carbons (Fsp3) is 0.412. The number of piperidine rings is 1. The van der Waals surface area contributed by atoms with E-state index in [2.05, 4.69) is 11.1 Å². The predicted molar refractivity (Wildman–Crippen MR) is 83.8 cm³/mol. The van der Waals surface area contributed by atoms with Gasteiger partial charge in [0.2, 0.25) is 5.76 Å². The summed E-state index contributed by atoms with van der Waals surface area (Å²) >= 11 is 0. The zero-order valence-electron chi connectivity index (χ0n) is 13.5. The molecule has 3 rings (SSSR count). The van der Waals surface area contributed by atoms with Crippen LogP contribution >= 0.6 is 0 Å². The van der Waals surface area contributed by atoms with Gasteiger partial charge in [-0.3, -0.25) is 0 Å². The first-order valence-corrected chi connectivity index (χ1v) is 7.89. The van der Waals surface area contributed by atoms with E-state index in [0.717, 1.165) is 12.8 Å². The zero-order chi connectivity index (χ0) is 18.2. The number of hydrogen-bond acceptors (Lipinski definition) is 4. The maximum absolute atomic E-state index is 12.9. The largest absolute Gasteiger partial charge is 0.475 e. The monoisotopic (exact) mass is 354 g/mol. The molecule has 0 unspecified atom stereocenters. The number of aromatic nitrogens is 1. The number of carbonyl (C=O) groups is 1. The molecule has 1 N–H and O–H groups in total. The van der Waals surface area contributed by atoms with Gasteiger partial charge in [-0.1, -0.05) is 24.3 Å². The van der Waals surface area contributed by atoms with Crippen LogP contribution < -0.4 is 4.90 Å². The van der Waals surface area contributed by atoms with Gasteiger partial charge < -0.3 is 14.4 Å². The predicted octanol–water partition coefficient (Wildman–Crippen LogP) is 4.08. The Labute approximate surface area is 142 Å². The first kappa shape index (κ1) is 17.3. The van der Waals surface area contributed by atoms with Crippen molar-refractivity contribution >= 4 is 12.0 Å². The quantitative estimate of drug-likeness (QED) is 0.899. The van der Waals surface area contributed by atoms with Gasteiger partial charge in [-0.05, 0) is 36.8 Å². The van der Waals surface area contributed by atoms with Gasteiger partial charge in [0.25, 0.3) is 6.01 Å². The van der Waals surface area contributed by atoms with Gasteiger partial charge in [0.05, 0.1) is 0 Å². The Morgan fingerprint density at radius 1 is 1.28 bits per heavy atom. The molecule has 2 heterocycles. The Bertz CT molecular complexity index is 778. The molecule has 1 aromatic carbocycles. The van der Waals surface area contributed by atoms with Crippen LogP contribution in [0.2, 0.25) is 0 Å². The fourth-order valence-corrected chi connectivity index (χ4v) is 3.21. The minimum absolute atomic E-state index is 0.284. The van der Waals surface area contributed by atoms with Crippen LogP contribution in [-0.2, 0) is 6.18 Å². The second-order valence-corrected chi connectivity index (χ2v) is 6.09. The highest BCUT2D eigenvalue weighted by Gasteiger charge is 2.42. The number of nitrogens with zero attached hydrogens (tertiary/aromatic N) is 2. The Hall–Kier alpha value is -2.51. The van der Waals surface area contributed by atoms with Gasteiger partial charge in [0.15, 0.2) is 5.69 Å². The molecule has 1 aromatic heterocycles. The minimum atomic E-state index is -4.87. The SMILES string of the molecule is Cc1ccccc1C1CCN(c2nc(C(F)(F)F)c(C(=O)O)o2)CC1. The van der Waals surface area contributed by atoms with Crippen molar-refractivity contribution < 1.29 is 27.5 Å². The number of halogens is 3. The summed E-state index contributed by atoms with van der Waals surface area (Å²) < 4.78 is 43.6. The first-order chi connectivity index (χ1) is 11.8. The number of benzene rings is 1. The van der Waals surface area contributed by atoms with Crippen LogP contribution in [0.1, 0.15) is 46.1 Å². The summed E-state index contributed by atoms with van der Waals surface area (Å²) in [6.07, 6.45) is -3.40. The fourth-order valence-electron chi connectivity index (χ4n) is 3.21. The highest BCUT2D eigenvalue weighted by Crippen LogP contribution is 2.36. The van der Waals surface area contributed by atoms with Gasteiger partial charge >= 0.3 is 12.1 Å². The highest BCUT2D eigenvalue weighted by atomic mass is 19.4. The molecule has 0 bridgehead atoms. The van der Waals surface area contributed by atoms with Crippen LogP contribution in [-0.4, -0.2) is 29.1 Å². The molecule has 0 radical (unpaired) electrons. The molecule has 5 nitrogen and oxygen atoms in total. The van der Waals surface area contributed by atoms with Crippen LogP contribution in [0.4, 0.5) is 19.2 Å². The van der Waals surface area contributed by atoms with Crippen molar-refractivity contribution in [1.82, 2.24) is 4.98 Å². The molecule has 0 amide bonds. The van der Waals surface area contributed by atoms with Crippen molar-refractivity contribution in [3.05, 3.63) is 46.8 Å². The molecular weight excluding hydrogens is 337 g/mol. The van der Waals surface area contributed by atoms with E-state index in [4.69, 9.17) is 9.52 Å². The van der Waals surface area contributed by atoms with E-state index in [0.29, 0.717) is 19.0 Å². The van der Waals surface area contributed by atoms with E-state index < -0.39 is 23.6 Å². The van der Waals surface area contributed by atoms with Gasteiger partial charge in [-0.15, -0.1) is 0 Å². The molecule has 134 valence electrons. The molecule has 25 heavy (non-hydrogen) atoms. The van der Waals surface area contributed by atoms with Crippen molar-refractivity contribution in [3.63, 3.8) is 0 Å². The Balaban J connectivity index is 1.77. The summed E-state index contributed by atoms with van der Waals surface area (Å²) in [6.45, 7) is 2.94. The molecule has 8 heteroatoms. The number of carboxylic acid groups (broad SMARTS) is 1. The van der Waals surface area contributed by atoms with Crippen LogP contribution in [0.5, 0.6) is 0 Å². The van der Waals surface area contributed by atoms with E-state index in [9.17, 15) is 18.0 Å². The lowest BCUT2D eigenvalue weighted by molar-refractivity contribution is -0.141. The number of anilines is 1. The molecule has 1 aliphatic heterocycles. The number of hydrogen-bond donors (Lipinski definition) is 1. The van der Waals surface area contributed by atoms with E-state index in [1.54, 1.807) is 4.90 Å². The Morgan fingerprint density at radius 2 is 1.92 bits per heavy atom.